The van der Waals surface area contributed by atoms with Gasteiger partial charge in [0.15, 0.2) is 6.29 Å². The molecule has 2 aromatic heterocycles. The molecule has 0 radical (unpaired) electrons. The number of pyridine rings is 1. The third-order valence-electron chi connectivity index (χ3n) is 3.94. The van der Waals surface area contributed by atoms with Gasteiger partial charge in [0, 0.05) is 19.3 Å². The Balaban J connectivity index is 2.14. The number of carbonyl (C=O) groups is 1. The van der Waals surface area contributed by atoms with Crippen LogP contribution in [-0.4, -0.2) is 22.2 Å². The number of carbonyl (C=O) groups excluding carboxylic acids is 1. The monoisotopic (exact) mass is 333 g/mol. The number of hydrogen-bond donors (Lipinski definition) is 0. The van der Waals surface area contributed by atoms with E-state index in [4.69, 9.17) is 0 Å². The van der Waals surface area contributed by atoms with Crippen LogP contribution in [0.15, 0.2) is 71.7 Å². The number of anilines is 1. The first kappa shape index (κ1) is 16.6. The third kappa shape index (κ3) is 3.50. The number of benzene rings is 1. The molecule has 3 aromatic rings. The average molecular weight is 333 g/mol. The molecule has 126 valence electrons. The summed E-state index contributed by atoms with van der Waals surface area (Å²) in [5.41, 5.74) is 1.32. The highest BCUT2D eigenvalue weighted by atomic mass is 16.1. The van der Waals surface area contributed by atoms with Gasteiger partial charge in [0.2, 0.25) is 0 Å². The van der Waals surface area contributed by atoms with Gasteiger partial charge in [-0.05, 0) is 24.6 Å². The summed E-state index contributed by atoms with van der Waals surface area (Å²) in [5.74, 6) is 0.410. The predicted molar refractivity (Wildman–Crippen MR) is 99.2 cm³/mol. The summed E-state index contributed by atoms with van der Waals surface area (Å²) >= 11 is 0. The predicted octanol–water partition coefficient (Wildman–Crippen LogP) is 3.09. The van der Waals surface area contributed by atoms with E-state index in [1.165, 1.54) is 4.40 Å². The van der Waals surface area contributed by atoms with Crippen LogP contribution in [-0.2, 0) is 6.54 Å². The lowest BCUT2D eigenvalue weighted by atomic mass is 10.2. The molecule has 2 heterocycles. The SMILES string of the molecule is C/C=C/CN(Cc1ccccc1)c1nc2ccccn2c(=O)c1C=O. The van der Waals surface area contributed by atoms with Crippen LogP contribution >= 0.6 is 0 Å². The van der Waals surface area contributed by atoms with Gasteiger partial charge < -0.3 is 4.90 Å². The first-order valence-electron chi connectivity index (χ1n) is 8.11. The lowest BCUT2D eigenvalue weighted by Crippen LogP contribution is -2.30. The van der Waals surface area contributed by atoms with E-state index in [1.807, 2.05) is 60.4 Å². The first-order valence-corrected chi connectivity index (χ1v) is 8.11. The highest BCUT2D eigenvalue weighted by Gasteiger charge is 2.17. The Kier molecular flexibility index (Phi) is 5.04. The van der Waals surface area contributed by atoms with E-state index >= 15 is 0 Å². The third-order valence-corrected chi connectivity index (χ3v) is 3.94. The number of aldehydes is 1. The fraction of sp³-hybridized carbons (Fsp3) is 0.150. The van der Waals surface area contributed by atoms with Gasteiger partial charge in [-0.2, -0.15) is 0 Å². The number of fused-ring (bicyclic) bond motifs is 1. The summed E-state index contributed by atoms with van der Waals surface area (Å²) < 4.78 is 1.39. The molecule has 0 unspecified atom stereocenters. The molecule has 0 aliphatic rings. The van der Waals surface area contributed by atoms with Crippen molar-refractivity contribution >= 4 is 17.8 Å². The summed E-state index contributed by atoms with van der Waals surface area (Å²) in [5, 5.41) is 0. The molecule has 0 saturated carbocycles. The van der Waals surface area contributed by atoms with Crippen molar-refractivity contribution in [3.63, 3.8) is 0 Å². The maximum Gasteiger partial charge on any atom is 0.270 e. The number of hydrogen-bond acceptors (Lipinski definition) is 4. The molecule has 0 saturated heterocycles. The van der Waals surface area contributed by atoms with E-state index in [0.717, 1.165) is 5.56 Å². The quantitative estimate of drug-likeness (QED) is 0.514. The maximum atomic E-state index is 12.7. The number of rotatable bonds is 6. The molecule has 0 spiro atoms. The maximum absolute atomic E-state index is 12.7. The second-order valence-corrected chi connectivity index (χ2v) is 5.64. The summed E-state index contributed by atoms with van der Waals surface area (Å²) in [6, 6.07) is 15.2. The summed E-state index contributed by atoms with van der Waals surface area (Å²) in [6.07, 6.45) is 6.13. The molecule has 0 amide bonds. The minimum Gasteiger partial charge on any atom is -0.348 e. The van der Waals surface area contributed by atoms with Gasteiger partial charge in [0.25, 0.3) is 5.56 Å². The molecule has 25 heavy (non-hydrogen) atoms. The summed E-state index contributed by atoms with van der Waals surface area (Å²) in [4.78, 5) is 30.8. The van der Waals surface area contributed by atoms with Gasteiger partial charge in [-0.3, -0.25) is 14.0 Å². The highest BCUT2D eigenvalue weighted by molar-refractivity contribution is 5.83. The Bertz CT molecular complexity index is 962. The second kappa shape index (κ2) is 7.57. The Labute approximate surface area is 145 Å². The van der Waals surface area contributed by atoms with Crippen molar-refractivity contribution in [3.05, 3.63) is 88.4 Å². The molecular formula is C20H19N3O2. The second-order valence-electron chi connectivity index (χ2n) is 5.64. The Morgan fingerprint density at radius 1 is 1.12 bits per heavy atom. The van der Waals surface area contributed by atoms with Gasteiger partial charge in [0.1, 0.15) is 17.0 Å². The van der Waals surface area contributed by atoms with Gasteiger partial charge in [-0.15, -0.1) is 0 Å². The molecule has 5 nitrogen and oxygen atoms in total. The van der Waals surface area contributed by atoms with Crippen molar-refractivity contribution in [1.82, 2.24) is 9.38 Å². The molecule has 0 N–H and O–H groups in total. The van der Waals surface area contributed by atoms with Crippen molar-refractivity contribution in [2.75, 3.05) is 11.4 Å². The van der Waals surface area contributed by atoms with Crippen LogP contribution in [0.1, 0.15) is 22.8 Å². The molecule has 0 fully saturated rings. The smallest absolute Gasteiger partial charge is 0.270 e. The van der Waals surface area contributed by atoms with Crippen molar-refractivity contribution < 1.29 is 4.79 Å². The lowest BCUT2D eigenvalue weighted by Gasteiger charge is -2.24. The van der Waals surface area contributed by atoms with Crippen molar-refractivity contribution in [3.8, 4) is 0 Å². The average Bonchev–Trinajstić information content (AvgIpc) is 2.66. The standard InChI is InChI=1S/C20H19N3O2/c1-2-3-12-22(14-16-9-5-4-6-10-16)19-17(15-24)20(25)23-13-8-7-11-18(23)21-19/h2-11,13,15H,12,14H2,1H3/b3-2+. The molecule has 0 aliphatic heterocycles. The zero-order chi connectivity index (χ0) is 17.6. The molecule has 0 atom stereocenters. The van der Waals surface area contributed by atoms with Crippen molar-refractivity contribution in [1.29, 1.82) is 0 Å². The molecule has 0 bridgehead atoms. The minimum absolute atomic E-state index is 0.0733. The Morgan fingerprint density at radius 2 is 1.88 bits per heavy atom. The van der Waals surface area contributed by atoms with Crippen LogP contribution in [0, 0.1) is 0 Å². The Hall–Kier alpha value is -3.21. The highest BCUT2D eigenvalue weighted by Crippen LogP contribution is 2.18. The first-order chi connectivity index (χ1) is 12.2. The van der Waals surface area contributed by atoms with Crippen LogP contribution in [0.5, 0.6) is 0 Å². The van der Waals surface area contributed by atoms with Crippen LogP contribution in [0.3, 0.4) is 0 Å². The van der Waals surface area contributed by atoms with E-state index < -0.39 is 0 Å². The lowest BCUT2D eigenvalue weighted by molar-refractivity contribution is 0.112. The fourth-order valence-corrected chi connectivity index (χ4v) is 2.70. The Morgan fingerprint density at radius 3 is 2.60 bits per heavy atom. The zero-order valence-electron chi connectivity index (χ0n) is 14.0. The van der Waals surface area contributed by atoms with E-state index in [0.29, 0.717) is 30.8 Å². The van der Waals surface area contributed by atoms with Gasteiger partial charge in [0.05, 0.1) is 0 Å². The van der Waals surface area contributed by atoms with Crippen LogP contribution in [0.2, 0.25) is 0 Å². The topological polar surface area (TPSA) is 54.7 Å². The largest absolute Gasteiger partial charge is 0.348 e. The number of nitrogens with zero attached hydrogens (tertiary/aromatic N) is 3. The van der Waals surface area contributed by atoms with E-state index in [2.05, 4.69) is 4.98 Å². The number of aromatic nitrogens is 2. The number of allylic oxidation sites excluding steroid dienone is 1. The molecular weight excluding hydrogens is 314 g/mol. The van der Waals surface area contributed by atoms with Crippen molar-refractivity contribution in [2.45, 2.75) is 13.5 Å². The summed E-state index contributed by atoms with van der Waals surface area (Å²) in [7, 11) is 0. The van der Waals surface area contributed by atoms with Gasteiger partial charge >= 0.3 is 0 Å². The normalized spacial score (nSPS) is 11.1. The molecule has 0 aliphatic carbocycles. The van der Waals surface area contributed by atoms with E-state index in [9.17, 15) is 9.59 Å². The molecule has 3 rings (SSSR count). The van der Waals surface area contributed by atoms with Crippen LogP contribution in [0.4, 0.5) is 5.82 Å². The van der Waals surface area contributed by atoms with E-state index in [-0.39, 0.29) is 11.1 Å². The van der Waals surface area contributed by atoms with Crippen LogP contribution in [0.25, 0.3) is 5.65 Å². The fourth-order valence-electron chi connectivity index (χ4n) is 2.70. The van der Waals surface area contributed by atoms with Crippen molar-refractivity contribution in [2.24, 2.45) is 0 Å². The molecule has 1 aromatic carbocycles. The van der Waals surface area contributed by atoms with E-state index in [1.54, 1.807) is 18.3 Å². The zero-order valence-corrected chi connectivity index (χ0v) is 14.0. The van der Waals surface area contributed by atoms with Crippen LogP contribution < -0.4 is 10.5 Å². The minimum atomic E-state index is -0.353. The van der Waals surface area contributed by atoms with Gasteiger partial charge in [-0.1, -0.05) is 48.6 Å². The van der Waals surface area contributed by atoms with Gasteiger partial charge in [-0.25, -0.2) is 4.98 Å². The molecule has 5 heteroatoms. The summed E-state index contributed by atoms with van der Waals surface area (Å²) in [6.45, 7) is 3.05.